The van der Waals surface area contributed by atoms with E-state index in [1.54, 1.807) is 6.07 Å². The maximum atomic E-state index is 12.4. The number of halogens is 1. The number of likely N-dealkylation sites (tertiary alicyclic amines) is 1. The molecule has 1 aliphatic rings. The lowest BCUT2D eigenvalue weighted by Crippen LogP contribution is -2.43. The zero-order valence-corrected chi connectivity index (χ0v) is 15.3. The first kappa shape index (κ1) is 16.4. The van der Waals surface area contributed by atoms with Gasteiger partial charge in [0.1, 0.15) is 0 Å². The first-order chi connectivity index (χ1) is 9.22. The van der Waals surface area contributed by atoms with Crippen LogP contribution in [0.3, 0.4) is 0 Å². The molecule has 4 nitrogen and oxygen atoms in total. The third kappa shape index (κ3) is 3.82. The lowest BCUT2D eigenvalue weighted by molar-refractivity contribution is 0.143. The molecular formula is C13H21BrN2O2S2. The Hall–Kier alpha value is 0.0500. The maximum absolute atomic E-state index is 12.4. The van der Waals surface area contributed by atoms with Crippen LogP contribution in [0.4, 0.5) is 0 Å². The van der Waals surface area contributed by atoms with Crippen LogP contribution in [0.1, 0.15) is 24.6 Å². The van der Waals surface area contributed by atoms with Crippen LogP contribution < -0.4 is 4.72 Å². The fourth-order valence-electron chi connectivity index (χ4n) is 2.38. The van der Waals surface area contributed by atoms with Gasteiger partial charge in [0, 0.05) is 11.4 Å². The summed E-state index contributed by atoms with van der Waals surface area (Å²) in [6, 6.07) is 1.68. The number of sulfonamides is 1. The highest BCUT2D eigenvalue weighted by Gasteiger charge is 2.31. The van der Waals surface area contributed by atoms with Crippen molar-refractivity contribution in [1.82, 2.24) is 9.62 Å². The highest BCUT2D eigenvalue weighted by molar-refractivity contribution is 9.11. The minimum atomic E-state index is -3.40. The molecule has 0 amide bonds. The van der Waals surface area contributed by atoms with Crippen molar-refractivity contribution < 1.29 is 8.42 Å². The third-order valence-electron chi connectivity index (χ3n) is 4.01. The lowest BCUT2D eigenvalue weighted by Gasteiger charge is -2.37. The van der Waals surface area contributed by atoms with E-state index < -0.39 is 10.0 Å². The molecule has 0 radical (unpaired) electrons. The molecule has 2 rings (SSSR count). The molecule has 0 bridgehead atoms. The van der Waals surface area contributed by atoms with Crippen molar-refractivity contribution in [2.45, 2.75) is 31.6 Å². The molecule has 1 fully saturated rings. The van der Waals surface area contributed by atoms with Gasteiger partial charge in [0.05, 0.1) is 8.68 Å². The Balaban J connectivity index is 2.04. The second kappa shape index (κ2) is 6.04. The molecule has 7 heteroatoms. The van der Waals surface area contributed by atoms with Crippen molar-refractivity contribution in [3.63, 3.8) is 0 Å². The molecule has 1 N–H and O–H groups in total. The van der Waals surface area contributed by atoms with Crippen molar-refractivity contribution in [3.8, 4) is 0 Å². The summed E-state index contributed by atoms with van der Waals surface area (Å²) in [6.07, 6.45) is 2.05. The van der Waals surface area contributed by atoms with E-state index in [1.165, 1.54) is 11.3 Å². The van der Waals surface area contributed by atoms with E-state index in [9.17, 15) is 8.42 Å². The molecule has 0 aliphatic carbocycles. The third-order valence-corrected chi connectivity index (χ3v) is 7.22. The smallest absolute Gasteiger partial charge is 0.241 e. The SMILES string of the molecule is Cc1sc(Br)cc1S(=O)(=O)NCC1(C)CCN(C)CC1. The number of hydrogen-bond donors (Lipinski definition) is 1. The van der Waals surface area contributed by atoms with Gasteiger partial charge in [-0.25, -0.2) is 13.1 Å². The Morgan fingerprint density at radius 1 is 1.45 bits per heavy atom. The molecule has 0 aromatic carbocycles. The van der Waals surface area contributed by atoms with Crippen molar-refractivity contribution in [2.24, 2.45) is 5.41 Å². The molecule has 0 atom stereocenters. The van der Waals surface area contributed by atoms with Crippen molar-refractivity contribution in [3.05, 3.63) is 14.7 Å². The van der Waals surface area contributed by atoms with E-state index in [0.29, 0.717) is 11.4 Å². The molecule has 20 heavy (non-hydrogen) atoms. The van der Waals surface area contributed by atoms with E-state index in [1.807, 2.05) is 6.92 Å². The van der Waals surface area contributed by atoms with Crippen LogP contribution in [0.2, 0.25) is 0 Å². The number of piperidine rings is 1. The topological polar surface area (TPSA) is 49.4 Å². The second-order valence-electron chi connectivity index (χ2n) is 5.91. The molecule has 1 aromatic rings. The summed E-state index contributed by atoms with van der Waals surface area (Å²) >= 11 is 4.79. The Labute approximate surface area is 133 Å². The van der Waals surface area contributed by atoms with Gasteiger partial charge in [-0.2, -0.15) is 0 Å². The summed E-state index contributed by atoms with van der Waals surface area (Å²) in [4.78, 5) is 3.50. The zero-order valence-electron chi connectivity index (χ0n) is 12.1. The minimum Gasteiger partial charge on any atom is -0.306 e. The van der Waals surface area contributed by atoms with Crippen LogP contribution in [0.5, 0.6) is 0 Å². The van der Waals surface area contributed by atoms with Crippen LogP contribution in [-0.2, 0) is 10.0 Å². The summed E-state index contributed by atoms with van der Waals surface area (Å²) in [6.45, 7) is 6.57. The number of nitrogens with zero attached hydrogens (tertiary/aromatic N) is 1. The maximum Gasteiger partial charge on any atom is 0.241 e. The monoisotopic (exact) mass is 380 g/mol. The number of thiophene rings is 1. The van der Waals surface area contributed by atoms with Crippen molar-refractivity contribution in [1.29, 1.82) is 0 Å². The Morgan fingerprint density at radius 3 is 2.55 bits per heavy atom. The van der Waals surface area contributed by atoms with Crippen LogP contribution in [0.25, 0.3) is 0 Å². The van der Waals surface area contributed by atoms with E-state index in [2.05, 4.69) is 39.5 Å². The second-order valence-corrected chi connectivity index (χ2v) is 10.3. The minimum absolute atomic E-state index is 0.0563. The van der Waals surface area contributed by atoms with E-state index in [4.69, 9.17) is 0 Å². The molecule has 114 valence electrons. The normalized spacial score (nSPS) is 20.2. The van der Waals surface area contributed by atoms with Gasteiger partial charge in [-0.15, -0.1) is 11.3 Å². The molecular weight excluding hydrogens is 360 g/mol. The first-order valence-corrected chi connectivity index (χ1v) is 9.75. The zero-order chi connectivity index (χ0) is 15.0. The number of rotatable bonds is 4. The van der Waals surface area contributed by atoms with Gasteiger partial charge < -0.3 is 4.90 Å². The average Bonchev–Trinajstić information content (AvgIpc) is 2.71. The fraction of sp³-hybridized carbons (Fsp3) is 0.692. The molecule has 0 unspecified atom stereocenters. The molecule has 1 aliphatic heterocycles. The van der Waals surface area contributed by atoms with E-state index >= 15 is 0 Å². The van der Waals surface area contributed by atoms with Gasteiger partial charge >= 0.3 is 0 Å². The molecule has 0 saturated carbocycles. The molecule has 1 aromatic heterocycles. The van der Waals surface area contributed by atoms with Crippen LogP contribution in [0.15, 0.2) is 14.7 Å². The number of aryl methyl sites for hydroxylation is 1. The Kier molecular flexibility index (Phi) is 4.96. The van der Waals surface area contributed by atoms with Gasteiger partial charge in [0.15, 0.2) is 0 Å². The van der Waals surface area contributed by atoms with Crippen molar-refractivity contribution in [2.75, 3.05) is 26.7 Å². The summed E-state index contributed by atoms with van der Waals surface area (Å²) in [5.74, 6) is 0. The molecule has 1 saturated heterocycles. The highest BCUT2D eigenvalue weighted by atomic mass is 79.9. The Morgan fingerprint density at radius 2 is 2.05 bits per heavy atom. The fourth-order valence-corrected chi connectivity index (χ4v) is 5.99. The van der Waals surface area contributed by atoms with Crippen LogP contribution in [-0.4, -0.2) is 40.0 Å². The van der Waals surface area contributed by atoms with Gasteiger partial charge in [-0.3, -0.25) is 0 Å². The molecule has 2 heterocycles. The summed E-state index contributed by atoms with van der Waals surface area (Å²) in [7, 11) is -1.30. The predicted octanol–water partition coefficient (Wildman–Crippen LogP) is 2.83. The summed E-state index contributed by atoms with van der Waals surface area (Å²) in [5, 5.41) is 0. The average molecular weight is 381 g/mol. The van der Waals surface area contributed by atoms with Crippen molar-refractivity contribution >= 4 is 37.3 Å². The largest absolute Gasteiger partial charge is 0.306 e. The first-order valence-electron chi connectivity index (χ1n) is 6.66. The van der Waals surface area contributed by atoms with Gasteiger partial charge in [-0.05, 0) is 67.3 Å². The Bertz CT molecular complexity index is 575. The van der Waals surface area contributed by atoms with E-state index in [-0.39, 0.29) is 5.41 Å². The predicted molar refractivity (Wildman–Crippen MR) is 86.8 cm³/mol. The summed E-state index contributed by atoms with van der Waals surface area (Å²) in [5.41, 5.74) is 0.0563. The summed E-state index contributed by atoms with van der Waals surface area (Å²) < 4.78 is 28.4. The van der Waals surface area contributed by atoms with Gasteiger partial charge in [0.2, 0.25) is 10.0 Å². The standard InChI is InChI=1S/C13H21BrN2O2S2/c1-10-11(8-12(14)19-10)20(17,18)15-9-13(2)4-6-16(3)7-5-13/h8,15H,4-7,9H2,1-3H3. The lowest BCUT2D eigenvalue weighted by atomic mass is 9.81. The highest BCUT2D eigenvalue weighted by Crippen LogP contribution is 2.32. The van der Waals surface area contributed by atoms with Crippen LogP contribution in [0, 0.1) is 12.3 Å². The molecule has 0 spiro atoms. The quantitative estimate of drug-likeness (QED) is 0.873. The van der Waals surface area contributed by atoms with E-state index in [0.717, 1.165) is 34.6 Å². The number of hydrogen-bond acceptors (Lipinski definition) is 4. The van der Waals surface area contributed by atoms with Crippen LogP contribution >= 0.6 is 27.3 Å². The number of nitrogens with one attached hydrogen (secondary N) is 1. The van der Waals surface area contributed by atoms with Gasteiger partial charge in [0.25, 0.3) is 0 Å². The van der Waals surface area contributed by atoms with Gasteiger partial charge in [-0.1, -0.05) is 6.92 Å².